The minimum Gasteiger partial charge on any atom is -0.462 e. The molecule has 1 aliphatic carbocycles. The summed E-state index contributed by atoms with van der Waals surface area (Å²) in [5.41, 5.74) is -2.50. The van der Waals surface area contributed by atoms with Crippen molar-refractivity contribution in [2.24, 2.45) is 16.2 Å². The lowest BCUT2D eigenvalue weighted by Gasteiger charge is -2.45. The molecule has 208 valence electrons. The first kappa shape index (κ1) is 30.5. The number of esters is 3. The van der Waals surface area contributed by atoms with Crippen molar-refractivity contribution in [3.8, 4) is 0 Å². The van der Waals surface area contributed by atoms with Crippen molar-refractivity contribution < 1.29 is 43.2 Å². The third-order valence-corrected chi connectivity index (χ3v) is 6.20. The summed E-state index contributed by atoms with van der Waals surface area (Å²) in [6.07, 6.45) is -1.39. The van der Waals surface area contributed by atoms with Gasteiger partial charge in [-0.05, 0) is 75.2 Å². The smallest absolute Gasteiger partial charge is 0.311 e. The lowest BCUT2D eigenvalue weighted by molar-refractivity contribution is -0.318. The molecule has 0 aromatic heterocycles. The maximum Gasteiger partial charge on any atom is 0.311 e. The van der Waals surface area contributed by atoms with Gasteiger partial charge < -0.3 is 28.8 Å². The van der Waals surface area contributed by atoms with E-state index in [-0.39, 0.29) is 12.7 Å². The maximum absolute atomic E-state index is 12.9. The molecule has 0 aromatic carbocycles. The van der Waals surface area contributed by atoms with E-state index >= 15 is 0 Å². The Hall–Kier alpha value is -1.71. The van der Waals surface area contributed by atoms with E-state index in [2.05, 4.69) is 0 Å². The number of carbonyl (C=O) groups excluding carboxylic acids is 3. The van der Waals surface area contributed by atoms with Crippen LogP contribution in [0, 0.1) is 16.2 Å². The van der Waals surface area contributed by atoms with Crippen molar-refractivity contribution in [1.29, 1.82) is 0 Å². The van der Waals surface area contributed by atoms with Crippen LogP contribution in [-0.2, 0) is 38.1 Å². The van der Waals surface area contributed by atoms with Crippen molar-refractivity contribution in [3.05, 3.63) is 0 Å². The zero-order valence-electron chi connectivity index (χ0n) is 23.4. The summed E-state index contributed by atoms with van der Waals surface area (Å²) in [6.45, 7) is 15.0. The Kier molecular flexibility index (Phi) is 9.98. The van der Waals surface area contributed by atoms with E-state index in [1.165, 1.54) is 0 Å². The fourth-order valence-electron chi connectivity index (χ4n) is 3.78. The minimum atomic E-state index is -1.41. The molecule has 5 atom stereocenters. The lowest BCUT2D eigenvalue weighted by Crippen LogP contribution is -2.63. The van der Waals surface area contributed by atoms with E-state index in [9.17, 15) is 19.5 Å². The molecule has 0 unspecified atom stereocenters. The third kappa shape index (κ3) is 8.42. The number of rotatable bonds is 6. The van der Waals surface area contributed by atoms with Gasteiger partial charge in [-0.2, -0.15) is 0 Å². The van der Waals surface area contributed by atoms with Gasteiger partial charge in [0.2, 0.25) is 0 Å². The highest BCUT2D eigenvalue weighted by Gasteiger charge is 2.52. The third-order valence-electron chi connectivity index (χ3n) is 6.20. The summed E-state index contributed by atoms with van der Waals surface area (Å²) in [5, 5.41) is 11.3. The molecule has 0 spiro atoms. The Labute approximate surface area is 215 Å². The lowest BCUT2D eigenvalue weighted by atomic mass is 9.93. The molecule has 1 heterocycles. The van der Waals surface area contributed by atoms with E-state index in [4.69, 9.17) is 23.7 Å². The van der Waals surface area contributed by atoms with Crippen LogP contribution >= 0.6 is 0 Å². The first-order chi connectivity index (χ1) is 16.4. The van der Waals surface area contributed by atoms with Crippen molar-refractivity contribution in [2.75, 3.05) is 6.61 Å². The van der Waals surface area contributed by atoms with Gasteiger partial charge in [0.25, 0.3) is 0 Å². The van der Waals surface area contributed by atoms with Crippen LogP contribution in [0.1, 0.15) is 94.4 Å². The second-order valence-corrected chi connectivity index (χ2v) is 13.0. The van der Waals surface area contributed by atoms with Crippen LogP contribution in [0.15, 0.2) is 0 Å². The topological polar surface area (TPSA) is 118 Å². The van der Waals surface area contributed by atoms with Crippen LogP contribution in [0.5, 0.6) is 0 Å². The first-order valence-electron chi connectivity index (χ1n) is 13.0. The molecule has 1 N–H and O–H groups in total. The molecule has 1 saturated carbocycles. The van der Waals surface area contributed by atoms with Gasteiger partial charge in [0, 0.05) is 0 Å². The van der Waals surface area contributed by atoms with E-state index in [0.29, 0.717) is 0 Å². The molecule has 0 bridgehead atoms. The molecule has 2 fully saturated rings. The van der Waals surface area contributed by atoms with Crippen LogP contribution < -0.4 is 0 Å². The predicted octanol–water partition coefficient (Wildman–Crippen LogP) is 3.93. The van der Waals surface area contributed by atoms with Crippen LogP contribution in [0.4, 0.5) is 0 Å². The van der Waals surface area contributed by atoms with Crippen molar-refractivity contribution in [1.82, 2.24) is 0 Å². The fourth-order valence-corrected chi connectivity index (χ4v) is 3.78. The van der Waals surface area contributed by atoms with Crippen LogP contribution in [0.25, 0.3) is 0 Å². The van der Waals surface area contributed by atoms with Crippen LogP contribution in [-0.4, -0.2) is 66.4 Å². The van der Waals surface area contributed by atoms with Crippen LogP contribution in [0.2, 0.25) is 0 Å². The zero-order chi connectivity index (χ0) is 27.5. The second kappa shape index (κ2) is 11.8. The van der Waals surface area contributed by atoms with E-state index in [1.807, 2.05) is 0 Å². The molecule has 1 saturated heterocycles. The van der Waals surface area contributed by atoms with Crippen molar-refractivity contribution >= 4 is 17.9 Å². The fraction of sp³-hybridized carbons (Fsp3) is 0.889. The normalized spacial score (nSPS) is 28.3. The number of carbonyl (C=O) groups is 3. The van der Waals surface area contributed by atoms with E-state index < -0.39 is 64.9 Å². The van der Waals surface area contributed by atoms with Gasteiger partial charge in [-0.25, -0.2) is 0 Å². The van der Waals surface area contributed by atoms with Crippen molar-refractivity contribution in [3.63, 3.8) is 0 Å². The average Bonchev–Trinajstić information content (AvgIpc) is 2.75. The van der Waals surface area contributed by atoms with E-state index in [1.54, 1.807) is 62.3 Å². The molecule has 2 rings (SSSR count). The minimum absolute atomic E-state index is 0.121. The molecule has 36 heavy (non-hydrogen) atoms. The standard InChI is InChI=1S/C27H46O9/c1-25(2,3)22(29)32-15-17-19(35-23(30)26(4,5)6)20(36-24(31)27(7,8)9)18(28)21(34-17)33-16-13-11-10-12-14-16/h16-21,28H,10-15H2,1-9H3/t17-,18-,19-,20-,21-/m1/s1. The van der Waals surface area contributed by atoms with Gasteiger partial charge in [0.1, 0.15) is 18.8 Å². The number of hydrogen-bond donors (Lipinski definition) is 1. The van der Waals surface area contributed by atoms with E-state index in [0.717, 1.165) is 32.1 Å². The van der Waals surface area contributed by atoms with Gasteiger partial charge in [-0.15, -0.1) is 0 Å². The molecular formula is C27H46O9. The highest BCUT2D eigenvalue weighted by atomic mass is 16.7. The van der Waals surface area contributed by atoms with Gasteiger partial charge in [0.15, 0.2) is 18.5 Å². The summed E-state index contributed by atoms with van der Waals surface area (Å²) in [4.78, 5) is 38.2. The Morgan fingerprint density at radius 1 is 0.750 bits per heavy atom. The van der Waals surface area contributed by atoms with Crippen LogP contribution in [0.3, 0.4) is 0 Å². The quantitative estimate of drug-likeness (QED) is 0.415. The molecule has 0 amide bonds. The Balaban J connectivity index is 2.39. The summed E-state index contributed by atoms with van der Waals surface area (Å²) < 4.78 is 29.2. The Morgan fingerprint density at radius 2 is 1.22 bits per heavy atom. The van der Waals surface area contributed by atoms with Gasteiger partial charge in [0.05, 0.1) is 22.3 Å². The summed E-state index contributed by atoms with van der Waals surface area (Å²) in [6, 6.07) is 0. The Morgan fingerprint density at radius 3 is 1.69 bits per heavy atom. The number of aliphatic hydroxyl groups is 1. The SMILES string of the molecule is CC(C)(C)C(=O)OC[C@H]1O[C@@H](OC2CCCCC2)[C@H](O)[C@@H](OC(=O)C(C)(C)C)[C@@H]1OC(=O)C(C)(C)C. The number of ether oxygens (including phenoxy) is 5. The Bertz CT molecular complexity index is 766. The van der Waals surface area contributed by atoms with Gasteiger partial charge in [-0.1, -0.05) is 19.3 Å². The first-order valence-corrected chi connectivity index (χ1v) is 13.0. The molecule has 2 aliphatic rings. The maximum atomic E-state index is 12.9. The number of hydrogen-bond acceptors (Lipinski definition) is 9. The molecule has 9 nitrogen and oxygen atoms in total. The van der Waals surface area contributed by atoms with Crippen molar-refractivity contribution in [2.45, 2.75) is 131 Å². The highest BCUT2D eigenvalue weighted by Crippen LogP contribution is 2.33. The summed E-state index contributed by atoms with van der Waals surface area (Å²) in [7, 11) is 0. The zero-order valence-corrected chi connectivity index (χ0v) is 23.4. The van der Waals surface area contributed by atoms with Gasteiger partial charge in [-0.3, -0.25) is 14.4 Å². The largest absolute Gasteiger partial charge is 0.462 e. The molecule has 0 radical (unpaired) electrons. The second-order valence-electron chi connectivity index (χ2n) is 13.0. The molecule has 9 heteroatoms. The molecule has 1 aliphatic heterocycles. The average molecular weight is 515 g/mol. The molecule has 0 aromatic rings. The predicted molar refractivity (Wildman–Crippen MR) is 132 cm³/mol. The summed E-state index contributed by atoms with van der Waals surface area (Å²) in [5.74, 6) is -1.61. The highest BCUT2D eigenvalue weighted by molar-refractivity contribution is 5.77. The monoisotopic (exact) mass is 514 g/mol. The summed E-state index contributed by atoms with van der Waals surface area (Å²) >= 11 is 0. The molecular weight excluding hydrogens is 468 g/mol. The van der Waals surface area contributed by atoms with Gasteiger partial charge >= 0.3 is 17.9 Å². The number of aliphatic hydroxyl groups excluding tert-OH is 1.